The first-order valence-corrected chi connectivity index (χ1v) is 5.25. The quantitative estimate of drug-likeness (QED) is 0.376. The number of hydrogen-bond acceptors (Lipinski definition) is 7. The van der Waals surface area contributed by atoms with Crippen molar-refractivity contribution < 1.29 is 15.7 Å². The minimum absolute atomic E-state index is 0. The SMILES string of the molecule is CC(O)C(O)C1CNc2nc(N)[nH]c(=O)c2N1.Cl.Cl.O. The van der Waals surface area contributed by atoms with E-state index in [2.05, 4.69) is 20.6 Å². The molecule has 0 radical (unpaired) electrons. The lowest BCUT2D eigenvalue weighted by molar-refractivity contribution is 0.0214. The number of fused-ring (bicyclic) bond motifs is 1. The number of halogens is 2. The number of nitrogens with one attached hydrogen (secondary N) is 3. The maximum Gasteiger partial charge on any atom is 0.277 e. The largest absolute Gasteiger partial charge is 0.412 e. The molecule has 0 aliphatic carbocycles. The van der Waals surface area contributed by atoms with Crippen molar-refractivity contribution in [3.8, 4) is 0 Å². The summed E-state index contributed by atoms with van der Waals surface area (Å²) in [6, 6.07) is -0.464. The topological polar surface area (TPSA) is 168 Å². The van der Waals surface area contributed by atoms with Crippen molar-refractivity contribution in [2.75, 3.05) is 22.9 Å². The third-order valence-corrected chi connectivity index (χ3v) is 2.66. The van der Waals surface area contributed by atoms with Crippen LogP contribution in [-0.4, -0.2) is 50.5 Å². The summed E-state index contributed by atoms with van der Waals surface area (Å²) in [4.78, 5) is 17.9. The molecule has 3 atom stereocenters. The predicted molar refractivity (Wildman–Crippen MR) is 81.0 cm³/mol. The van der Waals surface area contributed by atoms with E-state index in [0.717, 1.165) is 0 Å². The van der Waals surface area contributed by atoms with E-state index in [1.54, 1.807) is 0 Å². The fourth-order valence-electron chi connectivity index (χ4n) is 1.74. The van der Waals surface area contributed by atoms with Crippen LogP contribution in [0.3, 0.4) is 0 Å². The molecule has 9 nitrogen and oxygen atoms in total. The molecule has 2 heterocycles. The van der Waals surface area contributed by atoms with E-state index in [4.69, 9.17) is 5.73 Å². The number of nitrogens with two attached hydrogens (primary N) is 1. The second-order valence-corrected chi connectivity index (χ2v) is 4.04. The Bertz CT molecular complexity index is 484. The van der Waals surface area contributed by atoms with Crippen LogP contribution in [0.25, 0.3) is 0 Å². The van der Waals surface area contributed by atoms with E-state index >= 15 is 0 Å². The van der Waals surface area contributed by atoms with Crippen LogP contribution in [0.15, 0.2) is 4.79 Å². The smallest absolute Gasteiger partial charge is 0.277 e. The van der Waals surface area contributed by atoms with Crippen molar-refractivity contribution in [1.82, 2.24) is 9.97 Å². The highest BCUT2D eigenvalue weighted by atomic mass is 35.5. The van der Waals surface area contributed by atoms with Gasteiger partial charge in [0.15, 0.2) is 5.82 Å². The number of aliphatic hydroxyl groups is 2. The van der Waals surface area contributed by atoms with Gasteiger partial charge in [0.1, 0.15) is 11.8 Å². The molecule has 11 heteroatoms. The second-order valence-electron chi connectivity index (χ2n) is 4.04. The summed E-state index contributed by atoms with van der Waals surface area (Å²) < 4.78 is 0. The van der Waals surface area contributed by atoms with E-state index in [1.807, 2.05) is 0 Å². The van der Waals surface area contributed by atoms with Crippen LogP contribution in [-0.2, 0) is 0 Å². The molecular formula is C9H19Cl2N5O4. The molecule has 1 aromatic heterocycles. The number of nitrogen functional groups attached to an aromatic ring is 1. The van der Waals surface area contributed by atoms with Gasteiger partial charge in [0, 0.05) is 6.54 Å². The normalized spacial score (nSPS) is 18.6. The molecule has 0 fully saturated rings. The second kappa shape index (κ2) is 8.12. The van der Waals surface area contributed by atoms with Crippen LogP contribution >= 0.6 is 24.8 Å². The highest BCUT2D eigenvalue weighted by molar-refractivity contribution is 5.85. The monoisotopic (exact) mass is 331 g/mol. The van der Waals surface area contributed by atoms with Crippen molar-refractivity contribution in [3.05, 3.63) is 10.4 Å². The summed E-state index contributed by atoms with van der Waals surface area (Å²) in [6.07, 6.45) is -1.87. The van der Waals surface area contributed by atoms with Gasteiger partial charge in [-0.05, 0) is 6.92 Å². The molecule has 0 bridgehead atoms. The molecule has 1 aliphatic heterocycles. The van der Waals surface area contributed by atoms with Crippen LogP contribution < -0.4 is 21.9 Å². The van der Waals surface area contributed by atoms with Crippen LogP contribution in [0.4, 0.5) is 17.5 Å². The van der Waals surface area contributed by atoms with Gasteiger partial charge < -0.3 is 32.1 Å². The molecular weight excluding hydrogens is 313 g/mol. The van der Waals surface area contributed by atoms with Crippen molar-refractivity contribution in [3.63, 3.8) is 0 Å². The first-order valence-electron chi connectivity index (χ1n) is 5.25. The Hall–Kier alpha value is -1.26. The average Bonchev–Trinajstić information content (AvgIpc) is 2.27. The number of aliphatic hydroxyl groups excluding tert-OH is 2. The first kappa shape index (κ1) is 21.0. The van der Waals surface area contributed by atoms with Crippen molar-refractivity contribution >= 4 is 42.3 Å². The molecule has 2 rings (SSSR count). The zero-order valence-electron chi connectivity index (χ0n) is 10.6. The Balaban J connectivity index is 0. The van der Waals surface area contributed by atoms with Crippen LogP contribution in [0.2, 0.25) is 0 Å². The third kappa shape index (κ3) is 4.12. The zero-order chi connectivity index (χ0) is 12.6. The van der Waals surface area contributed by atoms with Gasteiger partial charge >= 0.3 is 0 Å². The minimum atomic E-state index is -0.979. The fourth-order valence-corrected chi connectivity index (χ4v) is 1.74. The van der Waals surface area contributed by atoms with Gasteiger partial charge in [-0.25, -0.2) is 0 Å². The van der Waals surface area contributed by atoms with Crippen molar-refractivity contribution in [2.24, 2.45) is 0 Å². The Morgan fingerprint density at radius 1 is 1.40 bits per heavy atom. The third-order valence-electron chi connectivity index (χ3n) is 2.66. The zero-order valence-corrected chi connectivity index (χ0v) is 12.2. The van der Waals surface area contributed by atoms with Crippen LogP contribution in [0.5, 0.6) is 0 Å². The van der Waals surface area contributed by atoms with Gasteiger partial charge in [0.05, 0.1) is 12.1 Å². The Labute approximate surface area is 127 Å². The lowest BCUT2D eigenvalue weighted by Gasteiger charge is -2.31. The lowest BCUT2D eigenvalue weighted by Crippen LogP contribution is -2.48. The number of H-pyrrole nitrogens is 1. The standard InChI is InChI=1S/C9H15N5O3.2ClH.H2O/c1-3(15)6(16)4-2-11-7-5(12-4)8(17)14-9(10)13-7;;;/h3-4,6,12,15-16H,2H2,1H3,(H4,10,11,13,14,17);2*1H;1H2. The number of anilines is 3. The van der Waals surface area contributed by atoms with Gasteiger partial charge in [-0.3, -0.25) is 9.78 Å². The van der Waals surface area contributed by atoms with Gasteiger partial charge in [-0.1, -0.05) is 0 Å². The number of nitrogens with zero attached hydrogens (tertiary/aromatic N) is 1. The van der Waals surface area contributed by atoms with E-state index in [-0.39, 0.29) is 41.9 Å². The molecule has 1 aliphatic rings. The first-order chi connectivity index (χ1) is 7.99. The molecule has 20 heavy (non-hydrogen) atoms. The van der Waals surface area contributed by atoms with Gasteiger partial charge in [0.25, 0.3) is 5.56 Å². The number of hydrogen-bond donors (Lipinski definition) is 6. The molecule has 3 unspecified atom stereocenters. The molecule has 0 saturated heterocycles. The maximum absolute atomic E-state index is 11.6. The Morgan fingerprint density at radius 3 is 2.55 bits per heavy atom. The Kier molecular flexibility index (Phi) is 8.55. The van der Waals surface area contributed by atoms with E-state index in [9.17, 15) is 15.0 Å². The number of aromatic nitrogens is 2. The van der Waals surface area contributed by atoms with Gasteiger partial charge in [-0.15, -0.1) is 24.8 Å². The van der Waals surface area contributed by atoms with Gasteiger partial charge in [0.2, 0.25) is 5.95 Å². The van der Waals surface area contributed by atoms with Crippen LogP contribution in [0.1, 0.15) is 6.92 Å². The summed E-state index contributed by atoms with van der Waals surface area (Å²) in [5.41, 5.74) is 5.20. The highest BCUT2D eigenvalue weighted by Gasteiger charge is 2.29. The number of rotatable bonds is 2. The lowest BCUT2D eigenvalue weighted by atomic mass is 10.0. The summed E-state index contributed by atoms with van der Waals surface area (Å²) in [5.74, 6) is 0.373. The molecule has 9 N–H and O–H groups in total. The number of aromatic amines is 1. The summed E-state index contributed by atoms with van der Waals surface area (Å²) in [7, 11) is 0. The van der Waals surface area contributed by atoms with Crippen molar-refractivity contribution in [2.45, 2.75) is 25.2 Å². The molecule has 0 spiro atoms. The average molecular weight is 332 g/mol. The predicted octanol–water partition coefficient (Wildman–Crippen LogP) is -1.68. The molecule has 0 amide bonds. The summed E-state index contributed by atoms with van der Waals surface area (Å²) in [6.45, 7) is 1.82. The van der Waals surface area contributed by atoms with E-state index in [1.165, 1.54) is 6.92 Å². The summed E-state index contributed by atoms with van der Waals surface area (Å²) in [5, 5.41) is 24.7. The Morgan fingerprint density at radius 2 is 2.00 bits per heavy atom. The molecule has 118 valence electrons. The molecule has 0 aromatic carbocycles. The van der Waals surface area contributed by atoms with E-state index < -0.39 is 23.8 Å². The summed E-state index contributed by atoms with van der Waals surface area (Å²) >= 11 is 0. The van der Waals surface area contributed by atoms with Crippen LogP contribution in [0, 0.1) is 0 Å². The fraction of sp³-hybridized carbons (Fsp3) is 0.556. The minimum Gasteiger partial charge on any atom is -0.412 e. The highest BCUT2D eigenvalue weighted by Crippen LogP contribution is 2.21. The van der Waals surface area contributed by atoms with Gasteiger partial charge in [-0.2, -0.15) is 4.98 Å². The van der Waals surface area contributed by atoms with E-state index in [0.29, 0.717) is 12.4 Å². The molecule has 0 saturated carbocycles. The molecule has 1 aromatic rings. The maximum atomic E-state index is 11.6. The van der Waals surface area contributed by atoms with Crippen molar-refractivity contribution in [1.29, 1.82) is 0 Å².